The number of rotatable bonds is 4. The number of benzene rings is 2. The van der Waals surface area contributed by atoms with E-state index in [-0.39, 0.29) is 17.1 Å². The molecule has 0 fully saturated rings. The molecule has 21 heavy (non-hydrogen) atoms. The predicted molar refractivity (Wildman–Crippen MR) is 79.4 cm³/mol. The Balaban J connectivity index is 2.35. The molecule has 2 rings (SSSR count). The number of halogens is 1. The molecule has 0 N–H and O–H groups in total. The van der Waals surface area contributed by atoms with Gasteiger partial charge < -0.3 is 9.47 Å². The van der Waals surface area contributed by atoms with E-state index in [2.05, 4.69) is 0 Å². The van der Waals surface area contributed by atoms with Crippen LogP contribution < -0.4 is 9.47 Å². The number of ketones is 1. The molecule has 0 aliphatic heterocycles. The van der Waals surface area contributed by atoms with Gasteiger partial charge in [-0.3, -0.25) is 4.79 Å². The van der Waals surface area contributed by atoms with Crippen LogP contribution in [0.5, 0.6) is 11.5 Å². The molecule has 0 unspecified atom stereocenters. The Bertz CT molecular complexity index is 694. The van der Waals surface area contributed by atoms with Crippen molar-refractivity contribution < 1.29 is 19.1 Å². The van der Waals surface area contributed by atoms with Crippen LogP contribution in [0.15, 0.2) is 42.5 Å². The average molecular weight is 305 g/mol. The highest BCUT2D eigenvalue weighted by atomic mass is 35.5. The van der Waals surface area contributed by atoms with Gasteiger partial charge in [0.1, 0.15) is 17.1 Å². The van der Waals surface area contributed by atoms with Gasteiger partial charge in [0.25, 0.3) is 0 Å². The fourth-order valence-electron chi connectivity index (χ4n) is 1.84. The third-order valence-corrected chi connectivity index (χ3v) is 3.09. The summed E-state index contributed by atoms with van der Waals surface area (Å²) in [5.41, 5.74) is 0.537. The maximum Gasteiger partial charge on any atom is 0.347 e. The zero-order valence-corrected chi connectivity index (χ0v) is 12.3. The lowest BCUT2D eigenvalue weighted by molar-refractivity contribution is 0.0729. The lowest BCUT2D eigenvalue weighted by Gasteiger charge is -2.10. The number of carbonyl (C=O) groups excluding carboxylic acids is 2. The minimum absolute atomic E-state index is 0.184. The Morgan fingerprint density at radius 2 is 1.71 bits per heavy atom. The number of hydrogen-bond acceptors (Lipinski definition) is 4. The second-order valence-corrected chi connectivity index (χ2v) is 4.72. The van der Waals surface area contributed by atoms with E-state index in [0.29, 0.717) is 16.3 Å². The van der Waals surface area contributed by atoms with Crippen molar-refractivity contribution in [1.29, 1.82) is 0 Å². The lowest BCUT2D eigenvalue weighted by Crippen LogP contribution is -2.12. The minimum atomic E-state index is -0.636. The molecule has 0 aliphatic carbocycles. The van der Waals surface area contributed by atoms with Crippen molar-refractivity contribution in [3.05, 3.63) is 58.6 Å². The molecule has 0 bridgehead atoms. The van der Waals surface area contributed by atoms with Gasteiger partial charge in [-0.15, -0.1) is 0 Å². The number of methoxy groups -OCH3 is 1. The minimum Gasteiger partial charge on any atom is -0.496 e. The summed E-state index contributed by atoms with van der Waals surface area (Å²) >= 11 is 5.89. The third-order valence-electron chi connectivity index (χ3n) is 2.85. The Morgan fingerprint density at radius 1 is 1.00 bits per heavy atom. The molecule has 0 spiro atoms. The van der Waals surface area contributed by atoms with Crippen LogP contribution in [0.2, 0.25) is 5.02 Å². The Labute approximate surface area is 127 Å². The number of para-hydroxylation sites is 1. The quantitative estimate of drug-likeness (QED) is 0.490. The van der Waals surface area contributed by atoms with Gasteiger partial charge in [0, 0.05) is 5.02 Å². The Morgan fingerprint density at radius 3 is 2.38 bits per heavy atom. The van der Waals surface area contributed by atoms with E-state index in [9.17, 15) is 9.59 Å². The molecule has 0 atom stereocenters. The Hall–Kier alpha value is -2.33. The predicted octanol–water partition coefficient (Wildman–Crippen LogP) is 3.77. The van der Waals surface area contributed by atoms with E-state index < -0.39 is 5.97 Å². The largest absolute Gasteiger partial charge is 0.496 e. The maximum atomic E-state index is 12.2. The van der Waals surface area contributed by atoms with Crippen LogP contribution in [0.3, 0.4) is 0 Å². The SMILES string of the molecule is COc1ccc(Cl)cc1C(=O)Oc1ccccc1C(C)=O. The molecule has 2 aromatic rings. The number of ether oxygens (including phenoxy) is 2. The van der Waals surface area contributed by atoms with Crippen LogP contribution >= 0.6 is 11.6 Å². The molecule has 0 amide bonds. The number of esters is 1. The molecule has 108 valence electrons. The molecule has 0 aliphatic rings. The molecule has 2 aromatic carbocycles. The van der Waals surface area contributed by atoms with Crippen molar-refractivity contribution in [2.75, 3.05) is 7.11 Å². The number of carbonyl (C=O) groups is 2. The highest BCUT2D eigenvalue weighted by Gasteiger charge is 2.17. The van der Waals surface area contributed by atoms with Crippen LogP contribution in [-0.4, -0.2) is 18.9 Å². The third kappa shape index (κ3) is 3.41. The standard InChI is InChI=1S/C16H13ClO4/c1-10(18)12-5-3-4-6-15(12)21-16(19)13-9-11(17)7-8-14(13)20-2/h3-9H,1-2H3. The zero-order chi connectivity index (χ0) is 15.4. The first-order chi connectivity index (χ1) is 10.0. The van der Waals surface area contributed by atoms with Gasteiger partial charge in [0.2, 0.25) is 0 Å². The van der Waals surface area contributed by atoms with Gasteiger partial charge in [0.15, 0.2) is 5.78 Å². The van der Waals surface area contributed by atoms with Crippen LogP contribution in [0.25, 0.3) is 0 Å². The molecule has 4 nitrogen and oxygen atoms in total. The summed E-state index contributed by atoms with van der Waals surface area (Å²) in [6, 6.07) is 11.2. The normalized spacial score (nSPS) is 10.0. The number of Topliss-reactive ketones (excluding diaryl/α,β-unsaturated/α-hetero) is 1. The van der Waals surface area contributed by atoms with E-state index in [1.165, 1.54) is 20.1 Å². The first kappa shape index (κ1) is 15.1. The summed E-state index contributed by atoms with van der Waals surface area (Å²) in [5.74, 6) is -0.263. The van der Waals surface area contributed by atoms with Gasteiger partial charge in [-0.1, -0.05) is 23.7 Å². The van der Waals surface area contributed by atoms with Gasteiger partial charge in [0.05, 0.1) is 12.7 Å². The van der Waals surface area contributed by atoms with E-state index in [1.807, 2.05) is 0 Å². The molecule has 0 saturated heterocycles. The average Bonchev–Trinajstić information content (AvgIpc) is 2.47. The van der Waals surface area contributed by atoms with E-state index in [0.717, 1.165) is 0 Å². The van der Waals surface area contributed by atoms with E-state index in [1.54, 1.807) is 36.4 Å². The van der Waals surface area contributed by atoms with E-state index >= 15 is 0 Å². The van der Waals surface area contributed by atoms with Gasteiger partial charge >= 0.3 is 5.97 Å². The topological polar surface area (TPSA) is 52.6 Å². The molecular weight excluding hydrogens is 292 g/mol. The molecule has 0 heterocycles. The number of hydrogen-bond donors (Lipinski definition) is 0. The van der Waals surface area contributed by atoms with Gasteiger partial charge in [-0.05, 0) is 37.3 Å². The zero-order valence-electron chi connectivity index (χ0n) is 11.6. The summed E-state index contributed by atoms with van der Waals surface area (Å²) in [6.07, 6.45) is 0. The first-order valence-corrected chi connectivity index (χ1v) is 6.56. The highest BCUT2D eigenvalue weighted by Crippen LogP contribution is 2.26. The second-order valence-electron chi connectivity index (χ2n) is 4.29. The van der Waals surface area contributed by atoms with Crippen LogP contribution in [0.4, 0.5) is 0 Å². The van der Waals surface area contributed by atoms with Crippen molar-refractivity contribution in [3.8, 4) is 11.5 Å². The van der Waals surface area contributed by atoms with Crippen molar-refractivity contribution in [3.63, 3.8) is 0 Å². The highest BCUT2D eigenvalue weighted by molar-refractivity contribution is 6.31. The monoisotopic (exact) mass is 304 g/mol. The van der Waals surface area contributed by atoms with Gasteiger partial charge in [-0.25, -0.2) is 4.79 Å². The summed E-state index contributed by atoms with van der Waals surface area (Å²) in [7, 11) is 1.45. The molecular formula is C16H13ClO4. The summed E-state index contributed by atoms with van der Waals surface area (Å²) in [4.78, 5) is 23.8. The van der Waals surface area contributed by atoms with Crippen LogP contribution in [0.1, 0.15) is 27.6 Å². The van der Waals surface area contributed by atoms with Gasteiger partial charge in [-0.2, -0.15) is 0 Å². The van der Waals surface area contributed by atoms with E-state index in [4.69, 9.17) is 21.1 Å². The summed E-state index contributed by atoms with van der Waals surface area (Å²) < 4.78 is 10.4. The van der Waals surface area contributed by atoms with Crippen LogP contribution in [-0.2, 0) is 0 Å². The first-order valence-electron chi connectivity index (χ1n) is 6.18. The molecule has 0 radical (unpaired) electrons. The summed E-state index contributed by atoms with van der Waals surface area (Å²) in [5, 5.41) is 0.391. The van der Waals surface area contributed by atoms with Crippen molar-refractivity contribution in [1.82, 2.24) is 0 Å². The molecule has 0 saturated carbocycles. The molecule has 0 aromatic heterocycles. The smallest absolute Gasteiger partial charge is 0.347 e. The second kappa shape index (κ2) is 6.41. The fourth-order valence-corrected chi connectivity index (χ4v) is 2.01. The fraction of sp³-hybridized carbons (Fsp3) is 0.125. The molecule has 5 heteroatoms. The van der Waals surface area contributed by atoms with Crippen LogP contribution in [0, 0.1) is 0 Å². The lowest BCUT2D eigenvalue weighted by atomic mass is 10.1. The van der Waals surface area contributed by atoms with Crippen molar-refractivity contribution in [2.24, 2.45) is 0 Å². The van der Waals surface area contributed by atoms with Crippen molar-refractivity contribution in [2.45, 2.75) is 6.92 Å². The Kier molecular flexibility index (Phi) is 4.60. The maximum absolute atomic E-state index is 12.2. The van der Waals surface area contributed by atoms with Crippen molar-refractivity contribution >= 4 is 23.4 Å². The summed E-state index contributed by atoms with van der Waals surface area (Å²) in [6.45, 7) is 1.41.